The highest BCUT2D eigenvalue weighted by molar-refractivity contribution is 8.13. The Morgan fingerprint density at radius 2 is 1.37 bits per heavy atom. The highest BCUT2D eigenvalue weighted by atomic mass is 35.7. The maximum absolute atomic E-state index is 12.4. The minimum Gasteiger partial charge on any atom is -0.466 e. The summed E-state index contributed by atoms with van der Waals surface area (Å²) in [5, 5.41) is 0. The summed E-state index contributed by atoms with van der Waals surface area (Å²) in [5.74, 6) is -0.916. The molecule has 0 saturated heterocycles. The van der Waals surface area contributed by atoms with E-state index in [1.54, 1.807) is 30.3 Å². The molecule has 9 nitrogen and oxygen atoms in total. The molecular formula is C28H31ClFNO8S2. The van der Waals surface area contributed by atoms with Gasteiger partial charge in [-0.1, -0.05) is 53.6 Å². The summed E-state index contributed by atoms with van der Waals surface area (Å²) < 4.78 is 71.7. The van der Waals surface area contributed by atoms with E-state index >= 15 is 0 Å². The van der Waals surface area contributed by atoms with Crippen molar-refractivity contribution in [3.8, 4) is 0 Å². The molecule has 1 aliphatic rings. The molecule has 3 aromatic rings. The summed E-state index contributed by atoms with van der Waals surface area (Å²) in [4.78, 5) is 22.5. The van der Waals surface area contributed by atoms with Crippen LogP contribution in [0.5, 0.6) is 0 Å². The first-order valence-corrected chi connectivity index (χ1v) is 15.4. The van der Waals surface area contributed by atoms with Crippen molar-refractivity contribution in [1.82, 2.24) is 3.97 Å². The third kappa shape index (κ3) is 10.6. The predicted octanol–water partition coefficient (Wildman–Crippen LogP) is 5.37. The van der Waals surface area contributed by atoms with Gasteiger partial charge in [0.25, 0.3) is 19.1 Å². The lowest BCUT2D eigenvalue weighted by Gasteiger charge is -2.09. The van der Waals surface area contributed by atoms with Gasteiger partial charge in [-0.25, -0.2) is 30.4 Å². The van der Waals surface area contributed by atoms with E-state index in [9.17, 15) is 30.8 Å². The Morgan fingerprint density at radius 1 is 0.878 bits per heavy atom. The summed E-state index contributed by atoms with van der Waals surface area (Å²) in [5.41, 5.74) is 2.68. The van der Waals surface area contributed by atoms with Crippen LogP contribution in [-0.2, 0) is 33.3 Å². The molecule has 0 unspecified atom stereocenters. The molecular weight excluding hydrogens is 597 g/mol. The molecule has 0 aliphatic heterocycles. The van der Waals surface area contributed by atoms with Crippen molar-refractivity contribution < 1.29 is 41.7 Å². The number of carbonyl (C=O) groups is 2. The number of carbonyl (C=O) groups excluding carboxylic acids is 2. The quantitative estimate of drug-likeness (QED) is 0.273. The van der Waals surface area contributed by atoms with Crippen LogP contribution in [0.3, 0.4) is 0 Å². The van der Waals surface area contributed by atoms with Gasteiger partial charge in [0, 0.05) is 22.5 Å². The van der Waals surface area contributed by atoms with Gasteiger partial charge in [0.2, 0.25) is 0 Å². The van der Waals surface area contributed by atoms with E-state index in [0.717, 1.165) is 20.7 Å². The highest BCUT2D eigenvalue weighted by Gasteiger charge is 2.22. The van der Waals surface area contributed by atoms with Crippen molar-refractivity contribution in [2.75, 3.05) is 21.4 Å². The largest absolute Gasteiger partial charge is 0.466 e. The monoisotopic (exact) mass is 628 g/mol. The molecule has 0 amide bonds. The smallest absolute Gasteiger partial charge is 0.355 e. The third-order valence-electron chi connectivity index (χ3n) is 5.21. The molecule has 0 atom stereocenters. The lowest BCUT2D eigenvalue weighted by molar-refractivity contribution is -0.136. The molecule has 0 fully saturated rings. The number of alkyl halides is 1. The highest BCUT2D eigenvalue weighted by Crippen LogP contribution is 2.18. The number of rotatable bonds is 5. The SMILES string of the molecule is COC(=O)C1=CC=CC1.COC(=O)c1cccn1S(=O)(=O)c1ccc(C)cc1.Cc1ccc(S(=O)(=O)Cl)cc1.[2H]CF. The fourth-order valence-corrected chi connectivity index (χ4v) is 5.19. The van der Waals surface area contributed by atoms with Gasteiger partial charge in [-0.3, -0.25) is 4.39 Å². The van der Waals surface area contributed by atoms with Gasteiger partial charge in [-0.2, -0.15) is 0 Å². The Labute approximate surface area is 245 Å². The second kappa shape index (κ2) is 16.5. The van der Waals surface area contributed by atoms with Crippen LogP contribution in [0.15, 0.2) is 100 Å². The number of nitrogens with zero attached hydrogens (tertiary/aromatic N) is 1. The number of hydrogen-bond acceptors (Lipinski definition) is 8. The Hall–Kier alpha value is -3.74. The molecule has 1 aromatic heterocycles. The lowest BCUT2D eigenvalue weighted by atomic mass is 10.2. The van der Waals surface area contributed by atoms with Gasteiger partial charge >= 0.3 is 11.9 Å². The van der Waals surface area contributed by atoms with E-state index in [4.69, 9.17) is 12.1 Å². The first-order chi connectivity index (χ1) is 19.7. The first-order valence-electron chi connectivity index (χ1n) is 12.3. The summed E-state index contributed by atoms with van der Waals surface area (Å²) in [6, 6.07) is 15.7. The van der Waals surface area contributed by atoms with E-state index < -0.39 is 32.2 Å². The molecule has 1 aliphatic carbocycles. The van der Waals surface area contributed by atoms with Crippen molar-refractivity contribution in [3.63, 3.8) is 0 Å². The molecule has 1 heterocycles. The predicted molar refractivity (Wildman–Crippen MR) is 155 cm³/mol. The molecule has 0 N–H and O–H groups in total. The van der Waals surface area contributed by atoms with Crippen LogP contribution in [-0.4, -0.2) is 54.1 Å². The number of halogens is 2. The topological polar surface area (TPSA) is 126 Å². The molecule has 4 rings (SSSR count). The van der Waals surface area contributed by atoms with Crippen LogP contribution < -0.4 is 0 Å². The van der Waals surface area contributed by atoms with Crippen LogP contribution >= 0.6 is 10.7 Å². The van der Waals surface area contributed by atoms with E-state index in [-0.39, 0.29) is 21.5 Å². The second-order valence-corrected chi connectivity index (χ2v) is 12.4. The van der Waals surface area contributed by atoms with Crippen LogP contribution in [0.1, 0.15) is 29.4 Å². The number of ether oxygens (including phenoxy) is 2. The van der Waals surface area contributed by atoms with Gasteiger partial charge in [0.1, 0.15) is 5.69 Å². The Balaban J connectivity index is 0.000000325. The Bertz CT molecular complexity index is 1600. The molecule has 0 radical (unpaired) electrons. The Morgan fingerprint density at radius 3 is 1.78 bits per heavy atom. The van der Waals surface area contributed by atoms with Gasteiger partial charge in [0.05, 0.1) is 32.5 Å². The second-order valence-electron chi connectivity index (χ2n) is 8.07. The number of allylic oxidation sites excluding steroid dienone is 3. The van der Waals surface area contributed by atoms with Crippen LogP contribution in [0, 0.1) is 13.8 Å². The van der Waals surface area contributed by atoms with E-state index in [1.165, 1.54) is 56.8 Å². The van der Waals surface area contributed by atoms with Crippen molar-refractivity contribution >= 4 is 41.7 Å². The zero-order valence-electron chi connectivity index (χ0n) is 23.8. The fraction of sp³-hybridized carbons (Fsp3) is 0.214. The van der Waals surface area contributed by atoms with E-state index in [1.807, 2.05) is 26.0 Å². The maximum Gasteiger partial charge on any atom is 0.355 e. The van der Waals surface area contributed by atoms with Crippen molar-refractivity contribution in [2.24, 2.45) is 0 Å². The average molecular weight is 629 g/mol. The molecule has 2 aromatic carbocycles. The minimum atomic E-state index is -3.78. The summed E-state index contributed by atoms with van der Waals surface area (Å²) in [6.07, 6.45) is 7.58. The van der Waals surface area contributed by atoms with Crippen molar-refractivity contribution in [2.45, 2.75) is 30.1 Å². The summed E-state index contributed by atoms with van der Waals surface area (Å²) >= 11 is 0. The first kappa shape index (κ1) is 33.5. The summed E-state index contributed by atoms with van der Waals surface area (Å²) in [7, 11) is -0.650. The van der Waals surface area contributed by atoms with Crippen LogP contribution in [0.25, 0.3) is 0 Å². The molecule has 13 heteroatoms. The normalized spacial score (nSPS) is 12.1. The van der Waals surface area contributed by atoms with E-state index in [2.05, 4.69) is 9.47 Å². The van der Waals surface area contributed by atoms with Crippen molar-refractivity contribution in [3.05, 3.63) is 107 Å². The van der Waals surface area contributed by atoms with E-state index in [0.29, 0.717) is 6.42 Å². The third-order valence-corrected chi connectivity index (χ3v) is 8.28. The molecule has 0 spiro atoms. The van der Waals surface area contributed by atoms with Gasteiger partial charge in [0.15, 0.2) is 0 Å². The van der Waals surface area contributed by atoms with Gasteiger partial charge < -0.3 is 9.47 Å². The zero-order chi connectivity index (χ0) is 31.9. The lowest BCUT2D eigenvalue weighted by Crippen LogP contribution is -2.18. The summed E-state index contributed by atoms with van der Waals surface area (Å²) in [6.45, 7) is 3.75. The molecule has 0 saturated carbocycles. The minimum absolute atomic E-state index is 0.0249. The number of benzene rings is 2. The standard InChI is InChI=1S/C13H13NO4S.C7H7ClO2S.C7H8O2.CH3F/c1-10-5-7-11(8-6-10)19(16,17)14-9-3-4-12(14)13(15)18-2;1-6-2-4-7(5-3-6)11(8,9)10;1-9-7(8)6-4-2-3-5-6;1-2/h3-9H,1-2H3;2-5H,1H3;2-4H,5H2,1H3;1H3/i;;;1D. The average Bonchev–Trinajstić information content (AvgIpc) is 3.67. The fourth-order valence-electron chi connectivity index (χ4n) is 3.09. The molecule has 0 bridgehead atoms. The zero-order valence-corrected chi connectivity index (χ0v) is 25.2. The van der Waals surface area contributed by atoms with Gasteiger partial charge in [-0.05, 0) is 56.7 Å². The molecule has 222 valence electrons. The number of esters is 2. The number of methoxy groups -OCH3 is 2. The van der Waals surface area contributed by atoms with Crippen LogP contribution in [0.2, 0.25) is 0 Å². The number of aromatic nitrogens is 1. The number of aryl methyl sites for hydroxylation is 2. The van der Waals surface area contributed by atoms with Crippen LogP contribution in [0.4, 0.5) is 4.39 Å². The Kier molecular flexibility index (Phi) is 13.5. The molecule has 41 heavy (non-hydrogen) atoms. The van der Waals surface area contributed by atoms with Gasteiger partial charge in [-0.15, -0.1) is 0 Å². The number of hydrogen-bond donors (Lipinski definition) is 0. The maximum atomic E-state index is 12.4. The van der Waals surface area contributed by atoms with Crippen molar-refractivity contribution in [1.29, 1.82) is 0 Å².